The van der Waals surface area contributed by atoms with E-state index in [1.54, 1.807) is 24.5 Å². The third-order valence-electron chi connectivity index (χ3n) is 3.23. The van der Waals surface area contributed by atoms with Crippen LogP contribution in [-0.2, 0) is 4.79 Å². The van der Waals surface area contributed by atoms with Gasteiger partial charge in [-0.1, -0.05) is 0 Å². The van der Waals surface area contributed by atoms with Gasteiger partial charge in [-0.15, -0.1) is 0 Å². The number of hydrogen-bond acceptors (Lipinski definition) is 2. The van der Waals surface area contributed by atoms with E-state index in [1.165, 1.54) is 6.08 Å². The summed E-state index contributed by atoms with van der Waals surface area (Å²) in [7, 11) is 0. The highest BCUT2D eigenvalue weighted by Gasteiger charge is 2.17. The molecule has 2 heterocycles. The van der Waals surface area contributed by atoms with Crippen LogP contribution >= 0.6 is 0 Å². The number of H-pyrrole nitrogens is 1. The average molecular weight is 300 g/mol. The number of carboxylic acids is 1. The zero-order valence-electron chi connectivity index (χ0n) is 11.2. The van der Waals surface area contributed by atoms with E-state index in [0.717, 1.165) is 18.2 Å². The van der Waals surface area contributed by atoms with Crippen molar-refractivity contribution in [3.8, 4) is 0 Å². The van der Waals surface area contributed by atoms with E-state index < -0.39 is 17.6 Å². The summed E-state index contributed by atoms with van der Waals surface area (Å²) in [6.07, 6.45) is 4.45. The lowest BCUT2D eigenvalue weighted by atomic mass is 10.0. The maximum Gasteiger partial charge on any atom is 0.336 e. The van der Waals surface area contributed by atoms with Gasteiger partial charge in [-0.2, -0.15) is 0 Å². The fourth-order valence-corrected chi connectivity index (χ4v) is 2.21. The number of nitrogens with zero attached hydrogens (tertiary/aromatic N) is 1. The molecule has 110 valence electrons. The second-order valence-electron chi connectivity index (χ2n) is 4.63. The molecule has 0 bridgehead atoms. The lowest BCUT2D eigenvalue weighted by molar-refractivity contribution is -0.130. The van der Waals surface area contributed by atoms with Crippen molar-refractivity contribution in [1.82, 2.24) is 9.97 Å². The van der Waals surface area contributed by atoms with Gasteiger partial charge in [0.25, 0.3) is 0 Å². The Morgan fingerprint density at radius 1 is 1.27 bits per heavy atom. The van der Waals surface area contributed by atoms with E-state index in [4.69, 9.17) is 0 Å². The second-order valence-corrected chi connectivity index (χ2v) is 4.63. The summed E-state index contributed by atoms with van der Waals surface area (Å²) in [4.78, 5) is 18.4. The van der Waals surface area contributed by atoms with Crippen molar-refractivity contribution >= 4 is 28.7 Å². The molecule has 0 amide bonds. The Morgan fingerprint density at radius 2 is 2.09 bits per heavy atom. The molecule has 2 N–H and O–H groups in total. The topological polar surface area (TPSA) is 66.0 Å². The van der Waals surface area contributed by atoms with Gasteiger partial charge in [0.05, 0.1) is 5.57 Å². The Balaban J connectivity index is 2.19. The number of hydrogen-bond donors (Lipinski definition) is 2. The molecule has 0 atom stereocenters. The van der Waals surface area contributed by atoms with Crippen LogP contribution in [0, 0.1) is 11.6 Å². The van der Waals surface area contributed by atoms with Gasteiger partial charge in [0.1, 0.15) is 17.3 Å². The van der Waals surface area contributed by atoms with Crippen molar-refractivity contribution in [1.29, 1.82) is 0 Å². The molecule has 3 rings (SSSR count). The highest BCUT2D eigenvalue weighted by Crippen LogP contribution is 2.25. The first-order chi connectivity index (χ1) is 10.6. The Labute approximate surface area is 123 Å². The summed E-state index contributed by atoms with van der Waals surface area (Å²) < 4.78 is 27.1. The molecule has 22 heavy (non-hydrogen) atoms. The Bertz CT molecular complexity index is 900. The molecule has 0 aliphatic carbocycles. The number of fused-ring (bicyclic) bond motifs is 1. The number of aromatic amines is 1. The number of nitrogens with one attached hydrogen (secondary N) is 1. The zero-order chi connectivity index (χ0) is 15.7. The van der Waals surface area contributed by atoms with Crippen LogP contribution in [0.2, 0.25) is 0 Å². The molecule has 0 radical (unpaired) electrons. The minimum Gasteiger partial charge on any atom is -0.478 e. The number of aliphatic carboxylic acids is 1. The van der Waals surface area contributed by atoms with E-state index in [-0.39, 0.29) is 11.1 Å². The maximum absolute atomic E-state index is 13.8. The Kier molecular flexibility index (Phi) is 3.42. The van der Waals surface area contributed by atoms with Crippen molar-refractivity contribution in [3.05, 3.63) is 65.5 Å². The number of carbonyl (C=O) groups is 1. The molecule has 0 saturated carbocycles. The summed E-state index contributed by atoms with van der Waals surface area (Å²) in [6, 6.07) is 6.16. The minimum atomic E-state index is -1.34. The summed E-state index contributed by atoms with van der Waals surface area (Å²) in [5, 5.41) is 10.0. The highest BCUT2D eigenvalue weighted by atomic mass is 19.1. The molecule has 0 unspecified atom stereocenters. The Morgan fingerprint density at radius 3 is 2.86 bits per heavy atom. The highest BCUT2D eigenvalue weighted by molar-refractivity contribution is 6.21. The number of pyridine rings is 1. The van der Waals surface area contributed by atoms with E-state index in [0.29, 0.717) is 16.6 Å². The molecule has 3 aromatic rings. The lowest BCUT2D eigenvalue weighted by Gasteiger charge is -2.05. The van der Waals surface area contributed by atoms with Gasteiger partial charge in [0, 0.05) is 28.9 Å². The van der Waals surface area contributed by atoms with Crippen molar-refractivity contribution in [3.63, 3.8) is 0 Å². The van der Waals surface area contributed by atoms with Gasteiger partial charge in [-0.05, 0) is 36.4 Å². The van der Waals surface area contributed by atoms with Gasteiger partial charge in [-0.25, -0.2) is 18.6 Å². The smallest absolute Gasteiger partial charge is 0.336 e. The molecule has 0 fully saturated rings. The predicted octanol–water partition coefficient (Wildman–Crippen LogP) is 3.47. The van der Waals surface area contributed by atoms with Gasteiger partial charge < -0.3 is 10.1 Å². The van der Waals surface area contributed by atoms with Crippen LogP contribution in [-0.4, -0.2) is 21.0 Å². The van der Waals surface area contributed by atoms with E-state index in [1.807, 2.05) is 0 Å². The van der Waals surface area contributed by atoms with Crippen LogP contribution in [0.3, 0.4) is 0 Å². The van der Waals surface area contributed by atoms with Crippen LogP contribution in [0.5, 0.6) is 0 Å². The minimum absolute atomic E-state index is 0.300. The van der Waals surface area contributed by atoms with Gasteiger partial charge >= 0.3 is 5.97 Å². The molecule has 0 saturated heterocycles. The fourth-order valence-electron chi connectivity index (χ4n) is 2.21. The first-order valence-corrected chi connectivity index (χ1v) is 6.39. The summed E-state index contributed by atoms with van der Waals surface area (Å²) in [6.45, 7) is 0. The van der Waals surface area contributed by atoms with Crippen molar-refractivity contribution in [2.24, 2.45) is 0 Å². The van der Waals surface area contributed by atoms with Gasteiger partial charge in [-0.3, -0.25) is 0 Å². The van der Waals surface area contributed by atoms with Crippen LogP contribution in [0.15, 0.2) is 42.7 Å². The molecule has 0 aliphatic rings. The molecular weight excluding hydrogens is 290 g/mol. The maximum atomic E-state index is 13.8. The lowest BCUT2D eigenvalue weighted by Crippen LogP contribution is -2.02. The van der Waals surface area contributed by atoms with Gasteiger partial charge in [0.15, 0.2) is 0 Å². The third kappa shape index (κ3) is 2.46. The number of aromatic nitrogens is 2. The molecule has 0 spiro atoms. The van der Waals surface area contributed by atoms with Crippen LogP contribution in [0.1, 0.15) is 11.1 Å². The Hall–Kier alpha value is -3.02. The SMILES string of the molecule is O=C(O)/C(=C\c1c[nH]c2ncccc12)c1cc(F)ccc1F. The summed E-state index contributed by atoms with van der Waals surface area (Å²) in [5.74, 6) is -2.85. The van der Waals surface area contributed by atoms with Gasteiger partial charge in [0.2, 0.25) is 0 Å². The molecule has 1 aromatic carbocycles. The predicted molar refractivity (Wildman–Crippen MR) is 78.0 cm³/mol. The molecule has 6 heteroatoms. The zero-order valence-corrected chi connectivity index (χ0v) is 11.2. The number of rotatable bonds is 3. The largest absolute Gasteiger partial charge is 0.478 e. The third-order valence-corrected chi connectivity index (χ3v) is 3.23. The van der Waals surface area contributed by atoms with Crippen LogP contribution in [0.25, 0.3) is 22.7 Å². The van der Waals surface area contributed by atoms with E-state index in [9.17, 15) is 18.7 Å². The quantitative estimate of drug-likeness (QED) is 0.728. The standard InChI is InChI=1S/C16H10F2N2O2/c17-10-3-4-14(18)12(7-10)13(16(21)22)6-9-8-20-15-11(9)2-1-5-19-15/h1-8H,(H,19,20)(H,21,22)/b13-6-. The van der Waals surface area contributed by atoms with Crippen molar-refractivity contribution in [2.45, 2.75) is 0 Å². The monoisotopic (exact) mass is 300 g/mol. The van der Waals surface area contributed by atoms with Crippen LogP contribution in [0.4, 0.5) is 8.78 Å². The molecular formula is C16H10F2N2O2. The first-order valence-electron chi connectivity index (χ1n) is 6.39. The second kappa shape index (κ2) is 5.40. The molecule has 4 nitrogen and oxygen atoms in total. The van der Waals surface area contributed by atoms with Crippen molar-refractivity contribution < 1.29 is 18.7 Å². The van der Waals surface area contributed by atoms with E-state index in [2.05, 4.69) is 9.97 Å². The summed E-state index contributed by atoms with van der Waals surface area (Å²) >= 11 is 0. The van der Waals surface area contributed by atoms with E-state index >= 15 is 0 Å². The number of benzene rings is 1. The average Bonchev–Trinajstić information content (AvgIpc) is 2.90. The first kappa shape index (κ1) is 13.9. The summed E-state index contributed by atoms with van der Waals surface area (Å²) in [5.41, 5.74) is 0.481. The fraction of sp³-hybridized carbons (Fsp3) is 0. The number of carboxylic acid groups (broad SMARTS) is 1. The molecule has 0 aliphatic heterocycles. The number of halogens is 2. The van der Waals surface area contributed by atoms with Crippen LogP contribution < -0.4 is 0 Å². The molecule has 2 aromatic heterocycles. The van der Waals surface area contributed by atoms with Crippen molar-refractivity contribution in [2.75, 3.05) is 0 Å². The normalized spacial score (nSPS) is 11.8.